The van der Waals surface area contributed by atoms with Gasteiger partial charge in [-0.05, 0) is 48.9 Å². The maximum Gasteiger partial charge on any atom is 0.416 e. The number of alkyl halides is 3. The number of nitrogens with one attached hydrogen (secondary N) is 2. The van der Waals surface area contributed by atoms with Gasteiger partial charge in [0, 0.05) is 16.6 Å². The van der Waals surface area contributed by atoms with Crippen LogP contribution in [0.25, 0.3) is 0 Å². The van der Waals surface area contributed by atoms with E-state index in [9.17, 15) is 27.6 Å². The Bertz CT molecular complexity index is 999. The quantitative estimate of drug-likeness (QED) is 0.483. The molecule has 0 aliphatic heterocycles. The molecule has 0 aliphatic rings. The Kier molecular flexibility index (Phi) is 8.46. The molecule has 0 fully saturated rings. The molecule has 0 radical (unpaired) electrons. The van der Waals surface area contributed by atoms with Gasteiger partial charge in [-0.25, -0.2) is 0 Å². The zero-order chi connectivity index (χ0) is 23.2. The highest BCUT2D eigenvalue weighted by Gasteiger charge is 2.31. The molecule has 0 aliphatic carbocycles. The van der Waals surface area contributed by atoms with Gasteiger partial charge in [0.2, 0.25) is 5.91 Å². The number of amides is 2. The molecule has 31 heavy (non-hydrogen) atoms. The van der Waals surface area contributed by atoms with Crippen LogP contribution in [0, 0.1) is 6.92 Å². The van der Waals surface area contributed by atoms with Crippen LogP contribution in [0.3, 0.4) is 0 Å². The molecule has 0 unspecified atom stereocenters. The number of anilines is 2. The molecule has 2 rings (SSSR count). The van der Waals surface area contributed by atoms with Crippen LogP contribution in [0.4, 0.5) is 24.5 Å². The van der Waals surface area contributed by atoms with Crippen LogP contribution in [0.1, 0.15) is 24.0 Å². The Hall–Kier alpha value is -2.59. The molecule has 0 atom stereocenters. The predicted molar refractivity (Wildman–Crippen MR) is 113 cm³/mol. The van der Waals surface area contributed by atoms with Crippen molar-refractivity contribution in [3.8, 4) is 0 Å². The van der Waals surface area contributed by atoms with Crippen molar-refractivity contribution in [3.05, 3.63) is 57.0 Å². The fourth-order valence-electron chi connectivity index (χ4n) is 2.40. The number of hydrogen-bond acceptors (Lipinski definition) is 4. The van der Waals surface area contributed by atoms with Crippen LogP contribution in [0.15, 0.2) is 40.9 Å². The number of halogens is 5. The summed E-state index contributed by atoms with van der Waals surface area (Å²) in [6.07, 6.45) is -5.06. The van der Waals surface area contributed by atoms with E-state index in [-0.39, 0.29) is 23.6 Å². The summed E-state index contributed by atoms with van der Waals surface area (Å²) in [5, 5.41) is 4.71. The predicted octanol–water partition coefficient (Wildman–Crippen LogP) is 5.33. The third-order valence-electron chi connectivity index (χ3n) is 3.95. The van der Waals surface area contributed by atoms with Gasteiger partial charge in [-0.2, -0.15) is 13.2 Å². The SMILES string of the molecule is Cc1cc(Br)ccc1NC(=O)CCC(=O)OCC(=O)Nc1cc(C(F)(F)F)ccc1Cl. The molecule has 0 spiro atoms. The molecule has 2 amide bonds. The van der Waals surface area contributed by atoms with Crippen LogP contribution >= 0.6 is 27.5 Å². The minimum atomic E-state index is -4.61. The fourth-order valence-corrected chi connectivity index (χ4v) is 3.04. The van der Waals surface area contributed by atoms with Gasteiger partial charge in [0.25, 0.3) is 5.91 Å². The topological polar surface area (TPSA) is 84.5 Å². The Labute approximate surface area is 189 Å². The normalized spacial score (nSPS) is 11.0. The van der Waals surface area contributed by atoms with Crippen LogP contribution in [-0.4, -0.2) is 24.4 Å². The molecular weight excluding hydrogens is 505 g/mol. The number of carbonyl (C=O) groups excluding carboxylic acids is 3. The first-order valence-electron chi connectivity index (χ1n) is 8.84. The lowest BCUT2D eigenvalue weighted by Crippen LogP contribution is -2.22. The molecule has 0 heterocycles. The van der Waals surface area contributed by atoms with E-state index in [1.165, 1.54) is 0 Å². The summed E-state index contributed by atoms with van der Waals surface area (Å²) in [6, 6.07) is 7.73. The Balaban J connectivity index is 1.79. The second-order valence-corrected chi connectivity index (χ2v) is 7.73. The van der Waals surface area contributed by atoms with E-state index in [0.29, 0.717) is 11.8 Å². The lowest BCUT2D eigenvalue weighted by Gasteiger charge is -2.12. The lowest BCUT2D eigenvalue weighted by molar-refractivity contribution is -0.147. The summed E-state index contributed by atoms with van der Waals surface area (Å²) in [6.45, 7) is 1.07. The van der Waals surface area contributed by atoms with Crippen molar-refractivity contribution in [1.29, 1.82) is 0 Å². The van der Waals surface area contributed by atoms with Gasteiger partial charge in [0.1, 0.15) is 0 Å². The molecule has 0 saturated carbocycles. The molecule has 0 aromatic heterocycles. The van der Waals surface area contributed by atoms with Gasteiger partial charge >= 0.3 is 12.1 Å². The van der Waals surface area contributed by atoms with Crippen LogP contribution in [0.5, 0.6) is 0 Å². The Morgan fingerprint density at radius 2 is 1.68 bits per heavy atom. The van der Waals surface area contributed by atoms with Gasteiger partial charge < -0.3 is 15.4 Å². The summed E-state index contributed by atoms with van der Waals surface area (Å²) in [5.74, 6) is -2.10. The molecule has 0 saturated heterocycles. The number of aryl methyl sites for hydroxylation is 1. The van der Waals surface area contributed by atoms with Crippen molar-refractivity contribution < 1.29 is 32.3 Å². The average Bonchev–Trinajstić information content (AvgIpc) is 2.67. The van der Waals surface area contributed by atoms with E-state index in [4.69, 9.17) is 16.3 Å². The van der Waals surface area contributed by atoms with E-state index in [2.05, 4.69) is 26.6 Å². The first kappa shape index (κ1) is 24.7. The van der Waals surface area contributed by atoms with Gasteiger partial charge in [0.15, 0.2) is 6.61 Å². The number of carbonyl (C=O) groups is 3. The van der Waals surface area contributed by atoms with Crippen molar-refractivity contribution in [2.24, 2.45) is 0 Å². The highest BCUT2D eigenvalue weighted by atomic mass is 79.9. The Morgan fingerprint density at radius 3 is 2.32 bits per heavy atom. The second-order valence-electron chi connectivity index (χ2n) is 6.41. The highest BCUT2D eigenvalue weighted by molar-refractivity contribution is 9.10. The average molecular weight is 522 g/mol. The maximum absolute atomic E-state index is 12.8. The van der Waals surface area contributed by atoms with Gasteiger partial charge in [-0.3, -0.25) is 14.4 Å². The number of esters is 1. The fraction of sp³-hybridized carbons (Fsp3) is 0.250. The first-order valence-corrected chi connectivity index (χ1v) is 10.0. The number of ether oxygens (including phenoxy) is 1. The van der Waals surface area contributed by atoms with Crippen molar-refractivity contribution in [2.75, 3.05) is 17.2 Å². The third-order valence-corrected chi connectivity index (χ3v) is 4.77. The van der Waals surface area contributed by atoms with E-state index >= 15 is 0 Å². The highest BCUT2D eigenvalue weighted by Crippen LogP contribution is 2.33. The summed E-state index contributed by atoms with van der Waals surface area (Å²) in [5.41, 5.74) is 0.173. The van der Waals surface area contributed by atoms with Crippen molar-refractivity contribution in [2.45, 2.75) is 25.9 Å². The molecule has 0 bridgehead atoms. The minimum Gasteiger partial charge on any atom is -0.456 e. The number of benzene rings is 2. The maximum atomic E-state index is 12.8. The lowest BCUT2D eigenvalue weighted by atomic mass is 10.2. The zero-order valence-corrected chi connectivity index (χ0v) is 18.5. The standard InChI is InChI=1S/C20H17BrClF3N2O4/c1-11-8-13(21)3-5-15(11)26-17(28)6-7-19(30)31-10-18(29)27-16-9-12(20(23,24)25)2-4-14(16)22/h2-5,8-9H,6-7,10H2,1H3,(H,26,28)(H,27,29). The largest absolute Gasteiger partial charge is 0.456 e. The smallest absolute Gasteiger partial charge is 0.416 e. The molecule has 166 valence electrons. The van der Waals surface area contributed by atoms with Crippen LogP contribution in [0.2, 0.25) is 5.02 Å². The summed E-state index contributed by atoms with van der Waals surface area (Å²) in [4.78, 5) is 35.6. The van der Waals surface area contributed by atoms with E-state index < -0.39 is 36.1 Å². The zero-order valence-electron chi connectivity index (χ0n) is 16.1. The monoisotopic (exact) mass is 520 g/mol. The van der Waals surface area contributed by atoms with Gasteiger partial charge in [-0.1, -0.05) is 27.5 Å². The minimum absolute atomic E-state index is 0.104. The first-order chi connectivity index (χ1) is 14.5. The third kappa shape index (κ3) is 7.87. The van der Waals surface area contributed by atoms with Crippen LogP contribution in [-0.2, 0) is 25.3 Å². The number of hydrogen-bond donors (Lipinski definition) is 2. The second kappa shape index (κ2) is 10.6. The molecular formula is C20H17BrClF3N2O4. The summed E-state index contributed by atoms with van der Waals surface area (Å²) >= 11 is 9.10. The van der Waals surface area contributed by atoms with Crippen LogP contribution < -0.4 is 10.6 Å². The molecule has 2 N–H and O–H groups in total. The van der Waals surface area contributed by atoms with Crippen molar-refractivity contribution in [1.82, 2.24) is 0 Å². The van der Waals surface area contributed by atoms with E-state index in [1.54, 1.807) is 12.1 Å². The van der Waals surface area contributed by atoms with Crippen molar-refractivity contribution in [3.63, 3.8) is 0 Å². The molecule has 2 aromatic carbocycles. The van der Waals surface area contributed by atoms with Gasteiger partial charge in [0.05, 0.1) is 22.7 Å². The molecule has 11 heteroatoms. The molecule has 6 nitrogen and oxygen atoms in total. The van der Waals surface area contributed by atoms with Crippen molar-refractivity contribution >= 4 is 56.7 Å². The van der Waals surface area contributed by atoms with E-state index in [0.717, 1.165) is 22.2 Å². The summed E-state index contributed by atoms with van der Waals surface area (Å²) < 4.78 is 43.9. The Morgan fingerprint density at radius 1 is 1.00 bits per heavy atom. The summed E-state index contributed by atoms with van der Waals surface area (Å²) in [7, 11) is 0. The number of rotatable bonds is 7. The van der Waals surface area contributed by atoms with Gasteiger partial charge in [-0.15, -0.1) is 0 Å². The molecule has 2 aromatic rings. The van der Waals surface area contributed by atoms with E-state index in [1.807, 2.05) is 13.0 Å².